The van der Waals surface area contributed by atoms with Crippen molar-refractivity contribution in [2.24, 2.45) is 5.73 Å². The molecule has 0 saturated heterocycles. The number of halogens is 1. The summed E-state index contributed by atoms with van der Waals surface area (Å²) in [5.41, 5.74) is 8.30. The maximum atomic E-state index is 12.9. The summed E-state index contributed by atoms with van der Waals surface area (Å²) in [5.74, 6) is 0. The fourth-order valence-electron chi connectivity index (χ4n) is 2.95. The molecule has 1 aliphatic carbocycles. The van der Waals surface area contributed by atoms with E-state index in [-0.39, 0.29) is 9.92 Å². The van der Waals surface area contributed by atoms with Crippen LogP contribution in [0.2, 0.25) is 5.02 Å². The average Bonchev–Trinajstić information content (AvgIpc) is 2.48. The monoisotopic (exact) mass is 321 g/mol. The van der Waals surface area contributed by atoms with Gasteiger partial charge in [0, 0.05) is 6.04 Å². The molecule has 3 rings (SSSR count). The summed E-state index contributed by atoms with van der Waals surface area (Å²) in [5, 5.41) is -0.379. The van der Waals surface area contributed by atoms with Crippen molar-refractivity contribution < 1.29 is 8.42 Å². The van der Waals surface area contributed by atoms with Gasteiger partial charge in [0.15, 0.2) is 9.84 Å². The normalized spacial score (nSPS) is 21.8. The molecule has 0 saturated carbocycles. The van der Waals surface area contributed by atoms with Crippen molar-refractivity contribution in [2.75, 3.05) is 0 Å². The molecule has 2 aromatic rings. The fraction of sp³-hybridized carbons (Fsp3) is 0.250. The van der Waals surface area contributed by atoms with Crippen LogP contribution in [0.4, 0.5) is 0 Å². The Morgan fingerprint density at radius 3 is 2.48 bits per heavy atom. The quantitative estimate of drug-likeness (QED) is 0.924. The smallest absolute Gasteiger partial charge is 0.184 e. The predicted molar refractivity (Wildman–Crippen MR) is 84.1 cm³/mol. The van der Waals surface area contributed by atoms with E-state index in [0.717, 1.165) is 17.5 Å². The third-order valence-electron chi connectivity index (χ3n) is 4.05. The van der Waals surface area contributed by atoms with E-state index in [0.29, 0.717) is 6.42 Å². The number of benzene rings is 2. The van der Waals surface area contributed by atoms with Crippen LogP contribution in [-0.2, 0) is 16.3 Å². The Morgan fingerprint density at radius 2 is 1.71 bits per heavy atom. The lowest BCUT2D eigenvalue weighted by Crippen LogP contribution is -2.37. The minimum atomic E-state index is -3.54. The Morgan fingerprint density at radius 1 is 1.05 bits per heavy atom. The van der Waals surface area contributed by atoms with Gasteiger partial charge in [-0.05, 0) is 36.1 Å². The van der Waals surface area contributed by atoms with E-state index in [2.05, 4.69) is 0 Å². The molecular formula is C16H16ClNO2S. The molecule has 1 aliphatic rings. The van der Waals surface area contributed by atoms with Gasteiger partial charge < -0.3 is 5.73 Å². The maximum Gasteiger partial charge on any atom is 0.184 e. The lowest BCUT2D eigenvalue weighted by Gasteiger charge is -2.30. The summed E-state index contributed by atoms with van der Waals surface area (Å²) in [6, 6.07) is 13.8. The van der Waals surface area contributed by atoms with Gasteiger partial charge in [0.25, 0.3) is 0 Å². The van der Waals surface area contributed by atoms with Crippen molar-refractivity contribution in [1.29, 1.82) is 0 Å². The molecule has 0 amide bonds. The first kappa shape index (κ1) is 14.6. The van der Waals surface area contributed by atoms with Crippen molar-refractivity contribution >= 4 is 21.4 Å². The summed E-state index contributed by atoms with van der Waals surface area (Å²) >= 11 is 6.06. The number of fused-ring (bicyclic) bond motifs is 1. The number of aryl methyl sites for hydroxylation is 1. The first-order chi connectivity index (χ1) is 10.0. The van der Waals surface area contributed by atoms with Crippen LogP contribution in [0.3, 0.4) is 0 Å². The van der Waals surface area contributed by atoms with Crippen LogP contribution in [0.15, 0.2) is 53.4 Å². The topological polar surface area (TPSA) is 60.2 Å². The SMILES string of the molecule is NC1c2ccccc2CCC1S(=O)(=O)c1ccccc1Cl. The van der Waals surface area contributed by atoms with Crippen LogP contribution in [0.5, 0.6) is 0 Å². The predicted octanol–water partition coefficient (Wildman–Crippen LogP) is 3.13. The highest BCUT2D eigenvalue weighted by molar-refractivity contribution is 7.92. The molecule has 2 atom stereocenters. The van der Waals surface area contributed by atoms with Crippen LogP contribution >= 0.6 is 11.6 Å². The van der Waals surface area contributed by atoms with E-state index < -0.39 is 21.1 Å². The number of rotatable bonds is 2. The maximum absolute atomic E-state index is 12.9. The van der Waals surface area contributed by atoms with Gasteiger partial charge in [-0.3, -0.25) is 0 Å². The van der Waals surface area contributed by atoms with E-state index in [1.807, 2.05) is 24.3 Å². The minimum Gasteiger partial charge on any atom is -0.323 e. The molecule has 21 heavy (non-hydrogen) atoms. The number of sulfone groups is 1. The first-order valence-corrected chi connectivity index (χ1v) is 8.76. The van der Waals surface area contributed by atoms with E-state index in [1.54, 1.807) is 24.3 Å². The molecule has 0 spiro atoms. The zero-order valence-corrected chi connectivity index (χ0v) is 12.9. The molecule has 3 nitrogen and oxygen atoms in total. The summed E-state index contributed by atoms with van der Waals surface area (Å²) in [6.07, 6.45) is 1.24. The molecular weight excluding hydrogens is 306 g/mol. The summed E-state index contributed by atoms with van der Waals surface area (Å²) in [4.78, 5) is 0.173. The van der Waals surface area contributed by atoms with Gasteiger partial charge in [-0.2, -0.15) is 0 Å². The van der Waals surface area contributed by atoms with Crippen LogP contribution < -0.4 is 5.73 Å². The van der Waals surface area contributed by atoms with Crippen LogP contribution in [0.25, 0.3) is 0 Å². The van der Waals surface area contributed by atoms with Crippen molar-refractivity contribution in [2.45, 2.75) is 29.0 Å². The molecule has 2 aromatic carbocycles. The van der Waals surface area contributed by atoms with Crippen LogP contribution in [0, 0.1) is 0 Å². The summed E-state index contributed by atoms with van der Waals surface area (Å²) < 4.78 is 25.7. The van der Waals surface area contributed by atoms with Gasteiger partial charge in [-0.15, -0.1) is 0 Å². The van der Waals surface area contributed by atoms with Gasteiger partial charge >= 0.3 is 0 Å². The highest BCUT2D eigenvalue weighted by Gasteiger charge is 2.37. The zero-order chi connectivity index (χ0) is 15.0. The van der Waals surface area contributed by atoms with Gasteiger partial charge in [0.05, 0.1) is 15.2 Å². The third-order valence-corrected chi connectivity index (χ3v) is 6.79. The number of nitrogens with two attached hydrogens (primary N) is 1. The average molecular weight is 322 g/mol. The first-order valence-electron chi connectivity index (χ1n) is 6.83. The highest BCUT2D eigenvalue weighted by Crippen LogP contribution is 2.36. The zero-order valence-electron chi connectivity index (χ0n) is 11.4. The molecule has 0 bridgehead atoms. The van der Waals surface area contributed by atoms with Crippen LogP contribution in [0.1, 0.15) is 23.6 Å². The van der Waals surface area contributed by atoms with Crippen molar-refractivity contribution in [3.05, 3.63) is 64.7 Å². The Hall–Kier alpha value is -1.36. The Bertz CT molecular complexity index is 773. The Balaban J connectivity index is 2.04. The molecule has 110 valence electrons. The lowest BCUT2D eigenvalue weighted by molar-refractivity contribution is 0.521. The number of hydrogen-bond acceptors (Lipinski definition) is 3. The lowest BCUT2D eigenvalue weighted by atomic mass is 9.88. The Kier molecular flexibility index (Phi) is 3.78. The molecule has 0 heterocycles. The summed E-state index contributed by atoms with van der Waals surface area (Å²) in [6.45, 7) is 0. The summed E-state index contributed by atoms with van der Waals surface area (Å²) in [7, 11) is -3.54. The molecule has 0 aliphatic heterocycles. The Labute approximate surface area is 129 Å². The second-order valence-corrected chi connectivity index (χ2v) is 7.82. The van der Waals surface area contributed by atoms with Gasteiger partial charge in [0.1, 0.15) is 0 Å². The molecule has 0 radical (unpaired) electrons. The largest absolute Gasteiger partial charge is 0.323 e. The van der Waals surface area contributed by atoms with E-state index in [4.69, 9.17) is 17.3 Å². The van der Waals surface area contributed by atoms with Crippen molar-refractivity contribution in [3.8, 4) is 0 Å². The minimum absolute atomic E-state index is 0.173. The van der Waals surface area contributed by atoms with E-state index in [1.165, 1.54) is 0 Å². The van der Waals surface area contributed by atoms with E-state index >= 15 is 0 Å². The molecule has 5 heteroatoms. The standard InChI is InChI=1S/C16H16ClNO2S/c17-13-7-3-4-8-14(13)21(19,20)15-10-9-11-5-1-2-6-12(11)16(15)18/h1-8,15-16H,9-10,18H2. The second kappa shape index (κ2) is 5.44. The second-order valence-electron chi connectivity index (χ2n) is 5.28. The molecule has 0 aromatic heterocycles. The van der Waals surface area contributed by atoms with Crippen molar-refractivity contribution in [1.82, 2.24) is 0 Å². The number of hydrogen-bond donors (Lipinski definition) is 1. The highest BCUT2D eigenvalue weighted by atomic mass is 35.5. The van der Waals surface area contributed by atoms with Gasteiger partial charge in [-0.1, -0.05) is 48.0 Å². The van der Waals surface area contributed by atoms with Gasteiger partial charge in [0.2, 0.25) is 0 Å². The third kappa shape index (κ3) is 2.48. The van der Waals surface area contributed by atoms with Crippen LogP contribution in [-0.4, -0.2) is 13.7 Å². The van der Waals surface area contributed by atoms with E-state index in [9.17, 15) is 8.42 Å². The molecule has 2 unspecified atom stereocenters. The van der Waals surface area contributed by atoms with Gasteiger partial charge in [-0.25, -0.2) is 8.42 Å². The molecule has 0 fully saturated rings. The van der Waals surface area contributed by atoms with Crippen molar-refractivity contribution in [3.63, 3.8) is 0 Å². The fourth-order valence-corrected chi connectivity index (χ4v) is 5.30. The molecule has 2 N–H and O–H groups in total.